The summed E-state index contributed by atoms with van der Waals surface area (Å²) in [6, 6.07) is 9.90. The molecule has 1 aromatic rings. The van der Waals surface area contributed by atoms with Crippen LogP contribution in [-0.4, -0.2) is 68.4 Å². The van der Waals surface area contributed by atoms with E-state index in [-0.39, 0.29) is 11.6 Å². The monoisotopic (exact) mass is 362 g/mol. The summed E-state index contributed by atoms with van der Waals surface area (Å²) in [6.45, 7) is 14.4. The van der Waals surface area contributed by atoms with Crippen LogP contribution < -0.4 is 15.4 Å². The van der Waals surface area contributed by atoms with Gasteiger partial charge in [0.2, 0.25) is 0 Å². The molecule has 146 valence electrons. The summed E-state index contributed by atoms with van der Waals surface area (Å²) >= 11 is 0. The van der Waals surface area contributed by atoms with Gasteiger partial charge in [-0.25, -0.2) is 0 Å². The molecule has 0 bridgehead atoms. The predicted molar refractivity (Wildman–Crippen MR) is 107 cm³/mol. The molecular weight excluding hydrogens is 328 g/mol. The summed E-state index contributed by atoms with van der Waals surface area (Å²) in [7, 11) is 0. The average Bonchev–Trinajstić information content (AvgIpc) is 2.65. The number of nitrogens with one attached hydrogen (secondary N) is 2. The van der Waals surface area contributed by atoms with Crippen LogP contribution in [-0.2, 0) is 4.74 Å². The van der Waals surface area contributed by atoms with Gasteiger partial charge in [0, 0.05) is 25.2 Å². The summed E-state index contributed by atoms with van der Waals surface area (Å²) in [5, 5.41) is 6.70. The van der Waals surface area contributed by atoms with E-state index in [0.29, 0.717) is 6.54 Å². The van der Waals surface area contributed by atoms with Crippen molar-refractivity contribution in [1.82, 2.24) is 15.5 Å². The lowest BCUT2D eigenvalue weighted by Crippen LogP contribution is -2.52. The van der Waals surface area contributed by atoms with Gasteiger partial charge in [-0.3, -0.25) is 9.89 Å². The Balaban J connectivity index is 1.85. The standard InChI is InChI=1S/C20H34N4O2/c1-5-21-19(22-15-17(2)26-18-9-7-6-8-10-18)23-16-20(3,4)24-11-13-25-14-12-24/h6-10,17H,5,11-16H2,1-4H3,(H2,21,22,23). The Hall–Kier alpha value is -1.79. The summed E-state index contributed by atoms with van der Waals surface area (Å²) in [5.41, 5.74) is 0.0122. The maximum Gasteiger partial charge on any atom is 0.191 e. The highest BCUT2D eigenvalue weighted by Crippen LogP contribution is 2.16. The molecular formula is C20H34N4O2. The van der Waals surface area contributed by atoms with Gasteiger partial charge in [0.1, 0.15) is 11.9 Å². The number of nitrogens with zero attached hydrogens (tertiary/aromatic N) is 2. The van der Waals surface area contributed by atoms with Gasteiger partial charge in [0.25, 0.3) is 0 Å². The number of morpholine rings is 1. The molecule has 1 aromatic carbocycles. The number of rotatable bonds is 8. The molecule has 0 aliphatic carbocycles. The Kier molecular flexibility index (Phi) is 8.19. The number of para-hydroxylation sites is 1. The maximum absolute atomic E-state index is 5.92. The fourth-order valence-electron chi connectivity index (χ4n) is 2.90. The van der Waals surface area contributed by atoms with E-state index < -0.39 is 0 Å². The Morgan fingerprint density at radius 1 is 1.23 bits per heavy atom. The van der Waals surface area contributed by atoms with Crippen molar-refractivity contribution in [2.75, 3.05) is 45.9 Å². The lowest BCUT2D eigenvalue weighted by atomic mass is 10.0. The second kappa shape index (κ2) is 10.4. The normalized spacial score (nSPS) is 17.6. The van der Waals surface area contributed by atoms with Gasteiger partial charge < -0.3 is 20.1 Å². The largest absolute Gasteiger partial charge is 0.489 e. The van der Waals surface area contributed by atoms with Crippen LogP contribution in [0.3, 0.4) is 0 Å². The van der Waals surface area contributed by atoms with E-state index in [1.807, 2.05) is 30.3 Å². The second-order valence-corrected chi connectivity index (χ2v) is 7.23. The lowest BCUT2D eigenvalue weighted by Gasteiger charge is -2.39. The van der Waals surface area contributed by atoms with E-state index >= 15 is 0 Å². The van der Waals surface area contributed by atoms with Crippen molar-refractivity contribution >= 4 is 5.96 Å². The first kappa shape index (κ1) is 20.5. The first-order valence-corrected chi connectivity index (χ1v) is 9.58. The summed E-state index contributed by atoms with van der Waals surface area (Å²) in [6.07, 6.45) is 0.0495. The van der Waals surface area contributed by atoms with Crippen molar-refractivity contribution in [3.8, 4) is 5.75 Å². The van der Waals surface area contributed by atoms with Crippen LogP contribution in [0.5, 0.6) is 5.75 Å². The third kappa shape index (κ3) is 6.84. The summed E-state index contributed by atoms with van der Waals surface area (Å²) < 4.78 is 11.4. The highest BCUT2D eigenvalue weighted by Gasteiger charge is 2.28. The van der Waals surface area contributed by atoms with E-state index in [0.717, 1.165) is 51.1 Å². The van der Waals surface area contributed by atoms with Gasteiger partial charge in [-0.05, 0) is 39.8 Å². The molecule has 0 spiro atoms. The molecule has 6 nitrogen and oxygen atoms in total. The molecule has 2 rings (SSSR count). The minimum absolute atomic E-state index is 0.0122. The van der Waals surface area contributed by atoms with Crippen LogP contribution in [0.2, 0.25) is 0 Å². The molecule has 26 heavy (non-hydrogen) atoms. The zero-order chi connectivity index (χ0) is 18.8. The third-order valence-electron chi connectivity index (χ3n) is 4.47. The molecule has 2 N–H and O–H groups in total. The summed E-state index contributed by atoms with van der Waals surface area (Å²) in [5.74, 6) is 1.72. The topological polar surface area (TPSA) is 58.1 Å². The molecule has 1 heterocycles. The SMILES string of the molecule is CCNC(=NCC(C)(C)N1CCOCC1)NCC(C)Oc1ccccc1. The maximum atomic E-state index is 5.92. The molecule has 1 saturated heterocycles. The molecule has 1 fully saturated rings. The van der Waals surface area contributed by atoms with Crippen LogP contribution >= 0.6 is 0 Å². The van der Waals surface area contributed by atoms with Crippen molar-refractivity contribution in [3.63, 3.8) is 0 Å². The van der Waals surface area contributed by atoms with Gasteiger partial charge >= 0.3 is 0 Å². The fraction of sp³-hybridized carbons (Fsp3) is 0.650. The Bertz CT molecular complexity index is 542. The molecule has 1 atom stereocenters. The Morgan fingerprint density at radius 3 is 2.58 bits per heavy atom. The Labute approximate surface area is 158 Å². The molecule has 1 unspecified atom stereocenters. The first-order valence-electron chi connectivity index (χ1n) is 9.58. The van der Waals surface area contributed by atoms with Crippen molar-refractivity contribution < 1.29 is 9.47 Å². The molecule has 0 saturated carbocycles. The highest BCUT2D eigenvalue weighted by atomic mass is 16.5. The number of hydrogen-bond donors (Lipinski definition) is 2. The van der Waals surface area contributed by atoms with E-state index in [4.69, 9.17) is 14.5 Å². The Morgan fingerprint density at radius 2 is 1.92 bits per heavy atom. The molecule has 0 amide bonds. The van der Waals surface area contributed by atoms with E-state index in [1.54, 1.807) is 0 Å². The quantitative estimate of drug-likeness (QED) is 0.548. The number of aliphatic imine (C=N–C) groups is 1. The van der Waals surface area contributed by atoms with Crippen molar-refractivity contribution in [2.24, 2.45) is 4.99 Å². The highest BCUT2D eigenvalue weighted by molar-refractivity contribution is 5.79. The molecule has 1 aliphatic rings. The van der Waals surface area contributed by atoms with Crippen molar-refractivity contribution in [3.05, 3.63) is 30.3 Å². The number of ether oxygens (including phenoxy) is 2. The predicted octanol–water partition coefficient (Wildman–Crippen LogP) is 2.12. The average molecular weight is 363 g/mol. The zero-order valence-corrected chi connectivity index (χ0v) is 16.6. The minimum atomic E-state index is 0.0122. The minimum Gasteiger partial charge on any atom is -0.489 e. The van der Waals surface area contributed by atoms with Crippen LogP contribution in [0.25, 0.3) is 0 Å². The molecule has 0 radical (unpaired) electrons. The van der Waals surface area contributed by atoms with Gasteiger partial charge in [-0.1, -0.05) is 18.2 Å². The van der Waals surface area contributed by atoms with Gasteiger partial charge in [0.05, 0.1) is 26.3 Å². The molecule has 6 heteroatoms. The fourth-order valence-corrected chi connectivity index (χ4v) is 2.90. The number of benzene rings is 1. The van der Waals surface area contributed by atoms with Crippen LogP contribution in [0, 0.1) is 0 Å². The van der Waals surface area contributed by atoms with Crippen LogP contribution in [0.1, 0.15) is 27.7 Å². The second-order valence-electron chi connectivity index (χ2n) is 7.23. The number of hydrogen-bond acceptors (Lipinski definition) is 4. The van der Waals surface area contributed by atoms with Gasteiger partial charge in [-0.15, -0.1) is 0 Å². The first-order chi connectivity index (χ1) is 12.5. The van der Waals surface area contributed by atoms with Crippen molar-refractivity contribution in [2.45, 2.75) is 39.3 Å². The lowest BCUT2D eigenvalue weighted by molar-refractivity contribution is -0.00684. The zero-order valence-electron chi connectivity index (χ0n) is 16.6. The smallest absolute Gasteiger partial charge is 0.191 e. The van der Waals surface area contributed by atoms with Gasteiger partial charge in [0.15, 0.2) is 5.96 Å². The van der Waals surface area contributed by atoms with Crippen molar-refractivity contribution in [1.29, 1.82) is 0 Å². The van der Waals surface area contributed by atoms with Crippen LogP contribution in [0.4, 0.5) is 0 Å². The van der Waals surface area contributed by atoms with E-state index in [1.165, 1.54) is 0 Å². The van der Waals surface area contributed by atoms with E-state index in [9.17, 15) is 0 Å². The van der Waals surface area contributed by atoms with E-state index in [2.05, 4.69) is 43.2 Å². The molecule has 1 aliphatic heterocycles. The number of guanidine groups is 1. The van der Waals surface area contributed by atoms with Crippen LogP contribution in [0.15, 0.2) is 35.3 Å². The molecule has 0 aromatic heterocycles. The third-order valence-corrected chi connectivity index (χ3v) is 4.47. The van der Waals surface area contributed by atoms with Gasteiger partial charge in [-0.2, -0.15) is 0 Å². The summed E-state index contributed by atoms with van der Waals surface area (Å²) in [4.78, 5) is 7.24.